The van der Waals surface area contributed by atoms with Gasteiger partial charge in [-0.3, -0.25) is 19.2 Å². The molecule has 2 rings (SSSR count). The molecule has 1 aliphatic rings. The third kappa shape index (κ3) is 9.41. The molecule has 0 spiro atoms. The van der Waals surface area contributed by atoms with E-state index in [1.54, 1.807) is 0 Å². The number of hydrogen-bond acceptors (Lipinski definition) is 12. The minimum absolute atomic E-state index is 0.329. The number of halogens is 1. The molecule has 1 heterocycles. The Labute approximate surface area is 234 Å². The van der Waals surface area contributed by atoms with Gasteiger partial charge in [0, 0.05) is 32.6 Å². The number of esters is 4. The van der Waals surface area contributed by atoms with E-state index in [-0.39, 0.29) is 6.61 Å². The van der Waals surface area contributed by atoms with Crippen molar-refractivity contribution in [2.45, 2.75) is 77.0 Å². The standard InChI is InChI=1S/C25H31FN4O11/c1-13(31)29-21-19(38-14(2)32)10-25(24(35)36-5,37-12-17-6-8-18(26)9-7-17)41-23(21)22(40-16(4)34)20(11-28-30-27)39-15(3)33/h6-9,19-23H,10-12H2,1-5H3,(H,29,31)/t19-,20+,21+,22+,23+,25-/m0/s1. The lowest BCUT2D eigenvalue weighted by atomic mass is 9.87. The first-order chi connectivity index (χ1) is 19.3. The first-order valence-electron chi connectivity index (χ1n) is 12.3. The predicted octanol–water partition coefficient (Wildman–Crippen LogP) is 1.61. The molecule has 0 saturated carbocycles. The highest BCUT2D eigenvalue weighted by Gasteiger charge is 2.59. The molecule has 224 valence electrons. The summed E-state index contributed by atoms with van der Waals surface area (Å²) in [7, 11) is 1.04. The second kappa shape index (κ2) is 14.9. The van der Waals surface area contributed by atoms with Crippen LogP contribution in [-0.4, -0.2) is 79.7 Å². The third-order valence-corrected chi connectivity index (χ3v) is 5.75. The SMILES string of the molecule is COC(=O)[C@]1(OCc2ccc(F)cc2)C[C@H](OC(C)=O)[C@@H](NC(C)=O)[C@H]([C@H](OC(C)=O)[C@@H](CN=[N+]=[N-])OC(C)=O)O1. The quantitative estimate of drug-likeness (QED) is 0.123. The topological polar surface area (TPSA) is 202 Å². The van der Waals surface area contributed by atoms with Crippen LogP contribution in [0.2, 0.25) is 0 Å². The van der Waals surface area contributed by atoms with Crippen LogP contribution in [0, 0.1) is 5.82 Å². The van der Waals surface area contributed by atoms with Crippen LogP contribution in [0.15, 0.2) is 29.4 Å². The number of ether oxygens (including phenoxy) is 6. The highest BCUT2D eigenvalue weighted by atomic mass is 19.1. The summed E-state index contributed by atoms with van der Waals surface area (Å²) in [6.07, 6.45) is -6.61. The lowest BCUT2D eigenvalue weighted by Gasteiger charge is -2.48. The average molecular weight is 583 g/mol. The van der Waals surface area contributed by atoms with Gasteiger partial charge < -0.3 is 33.7 Å². The first kappa shape index (κ1) is 32.9. The number of azide groups is 1. The van der Waals surface area contributed by atoms with Crippen LogP contribution in [0.5, 0.6) is 0 Å². The largest absolute Gasteiger partial charge is 0.465 e. The van der Waals surface area contributed by atoms with Crippen LogP contribution < -0.4 is 5.32 Å². The molecule has 0 aliphatic carbocycles. The summed E-state index contributed by atoms with van der Waals surface area (Å²) in [5.41, 5.74) is 9.30. The molecule has 1 amide bonds. The zero-order valence-electron chi connectivity index (χ0n) is 23.0. The summed E-state index contributed by atoms with van der Waals surface area (Å²) < 4.78 is 46.5. The Bertz CT molecular complexity index is 1170. The van der Waals surface area contributed by atoms with E-state index in [4.69, 9.17) is 34.0 Å². The van der Waals surface area contributed by atoms with E-state index in [9.17, 15) is 28.4 Å². The van der Waals surface area contributed by atoms with Crippen molar-refractivity contribution < 1.29 is 56.8 Å². The Kier molecular flexibility index (Phi) is 12.0. The van der Waals surface area contributed by atoms with Crippen molar-refractivity contribution in [3.63, 3.8) is 0 Å². The summed E-state index contributed by atoms with van der Waals surface area (Å²) in [5, 5.41) is 5.96. The molecule has 0 unspecified atom stereocenters. The van der Waals surface area contributed by atoms with E-state index in [2.05, 4.69) is 15.3 Å². The molecule has 1 N–H and O–H groups in total. The number of carbonyl (C=O) groups excluding carboxylic acids is 5. The molecule has 0 aromatic heterocycles. The number of methoxy groups -OCH3 is 1. The maximum absolute atomic E-state index is 13.4. The maximum Gasteiger partial charge on any atom is 0.366 e. The molecule has 1 aromatic rings. The molecule has 6 atom stereocenters. The van der Waals surface area contributed by atoms with Gasteiger partial charge >= 0.3 is 23.9 Å². The monoisotopic (exact) mass is 582 g/mol. The van der Waals surface area contributed by atoms with Crippen molar-refractivity contribution in [1.29, 1.82) is 0 Å². The highest BCUT2D eigenvalue weighted by molar-refractivity contribution is 5.79. The molecule has 0 bridgehead atoms. The molecule has 1 aliphatic heterocycles. The lowest BCUT2D eigenvalue weighted by molar-refractivity contribution is -0.316. The fourth-order valence-corrected chi connectivity index (χ4v) is 4.26. The van der Waals surface area contributed by atoms with E-state index in [1.807, 2.05) is 0 Å². The van der Waals surface area contributed by atoms with Crippen molar-refractivity contribution in [2.24, 2.45) is 5.11 Å². The predicted molar refractivity (Wildman–Crippen MR) is 134 cm³/mol. The maximum atomic E-state index is 13.4. The normalized spacial score (nSPS) is 23.1. The number of hydrogen-bond donors (Lipinski definition) is 1. The van der Waals surface area contributed by atoms with Crippen LogP contribution in [0.25, 0.3) is 10.4 Å². The fraction of sp³-hybridized carbons (Fsp3) is 0.560. The molecule has 1 fully saturated rings. The van der Waals surface area contributed by atoms with Crippen molar-refractivity contribution in [3.05, 3.63) is 46.1 Å². The average Bonchev–Trinajstić information content (AvgIpc) is 2.89. The van der Waals surface area contributed by atoms with Crippen molar-refractivity contribution in [1.82, 2.24) is 5.32 Å². The van der Waals surface area contributed by atoms with Crippen LogP contribution in [-0.2, 0) is 59.0 Å². The fourth-order valence-electron chi connectivity index (χ4n) is 4.26. The molecule has 16 heteroatoms. The van der Waals surface area contributed by atoms with Crippen LogP contribution in [0.4, 0.5) is 4.39 Å². The van der Waals surface area contributed by atoms with E-state index >= 15 is 0 Å². The molecular weight excluding hydrogens is 551 g/mol. The highest BCUT2D eigenvalue weighted by Crippen LogP contribution is 2.37. The minimum atomic E-state index is -2.35. The van der Waals surface area contributed by atoms with Gasteiger partial charge in [0.1, 0.15) is 24.1 Å². The van der Waals surface area contributed by atoms with Gasteiger partial charge in [0.2, 0.25) is 5.91 Å². The molecular formula is C25H31FN4O11. The van der Waals surface area contributed by atoms with Crippen molar-refractivity contribution in [3.8, 4) is 0 Å². The molecule has 1 saturated heterocycles. The van der Waals surface area contributed by atoms with Crippen molar-refractivity contribution in [2.75, 3.05) is 13.7 Å². The van der Waals surface area contributed by atoms with Crippen LogP contribution >= 0.6 is 0 Å². The summed E-state index contributed by atoms with van der Waals surface area (Å²) >= 11 is 0. The lowest BCUT2D eigenvalue weighted by Crippen LogP contribution is -2.69. The number of carbonyl (C=O) groups is 5. The van der Waals surface area contributed by atoms with Gasteiger partial charge in [-0.25, -0.2) is 9.18 Å². The van der Waals surface area contributed by atoms with Gasteiger partial charge in [-0.05, 0) is 23.2 Å². The molecule has 41 heavy (non-hydrogen) atoms. The Balaban J connectivity index is 2.71. The van der Waals surface area contributed by atoms with Crippen LogP contribution in [0.3, 0.4) is 0 Å². The van der Waals surface area contributed by atoms with E-state index < -0.39 is 84.8 Å². The zero-order valence-corrected chi connectivity index (χ0v) is 23.0. The number of rotatable bonds is 12. The van der Waals surface area contributed by atoms with E-state index in [0.717, 1.165) is 34.8 Å². The smallest absolute Gasteiger partial charge is 0.366 e. The number of nitrogens with zero attached hydrogens (tertiary/aromatic N) is 3. The number of benzene rings is 1. The van der Waals surface area contributed by atoms with Gasteiger partial charge in [0.05, 0.1) is 32.7 Å². The summed E-state index contributed by atoms with van der Waals surface area (Å²) in [5.74, 6) is -7.14. The summed E-state index contributed by atoms with van der Waals surface area (Å²) in [6, 6.07) is 3.81. The first-order valence-corrected chi connectivity index (χ1v) is 12.3. The number of nitrogens with one attached hydrogen (secondary N) is 1. The van der Waals surface area contributed by atoms with Gasteiger partial charge in [-0.1, -0.05) is 17.2 Å². The summed E-state index contributed by atoms with van der Waals surface area (Å²) in [6.45, 7) is 3.43. The van der Waals surface area contributed by atoms with Crippen LogP contribution in [0.1, 0.15) is 39.7 Å². The van der Waals surface area contributed by atoms with Gasteiger partial charge in [-0.15, -0.1) is 0 Å². The van der Waals surface area contributed by atoms with E-state index in [0.29, 0.717) is 5.56 Å². The second-order valence-electron chi connectivity index (χ2n) is 8.96. The van der Waals surface area contributed by atoms with Gasteiger partial charge in [0.15, 0.2) is 6.10 Å². The Morgan fingerprint density at radius 2 is 1.73 bits per heavy atom. The zero-order chi connectivity index (χ0) is 30.7. The number of amides is 1. The van der Waals surface area contributed by atoms with E-state index in [1.165, 1.54) is 24.3 Å². The Morgan fingerprint density at radius 1 is 1.10 bits per heavy atom. The Hall–Kier alpha value is -4.27. The van der Waals surface area contributed by atoms with Crippen molar-refractivity contribution >= 4 is 29.8 Å². The molecule has 0 radical (unpaired) electrons. The second-order valence-corrected chi connectivity index (χ2v) is 8.96. The Morgan fingerprint density at radius 3 is 2.24 bits per heavy atom. The minimum Gasteiger partial charge on any atom is -0.465 e. The molecule has 1 aromatic carbocycles. The molecule has 15 nitrogen and oxygen atoms in total. The third-order valence-electron chi connectivity index (χ3n) is 5.75. The summed E-state index contributed by atoms with van der Waals surface area (Å²) in [4.78, 5) is 64.3. The van der Waals surface area contributed by atoms with Gasteiger partial charge in [0.25, 0.3) is 5.79 Å². The van der Waals surface area contributed by atoms with Gasteiger partial charge in [-0.2, -0.15) is 0 Å².